The highest BCUT2D eigenvalue weighted by atomic mass is 32.2. The lowest BCUT2D eigenvalue weighted by molar-refractivity contribution is -0.00308. The van der Waals surface area contributed by atoms with Crippen molar-refractivity contribution in [3.05, 3.63) is 72.1 Å². The van der Waals surface area contributed by atoms with E-state index in [1.807, 2.05) is 13.4 Å². The maximum absolute atomic E-state index is 6.52. The van der Waals surface area contributed by atoms with Crippen molar-refractivity contribution >= 4 is 28.6 Å². The SMILES string of the molecule is CSNC1CCN(Cc2ccccc2)CC1COC1CC=C(c2ccc3c(c2)ncn3C)CC1. The topological polar surface area (TPSA) is 42.3 Å². The number of imidazole rings is 1. The molecule has 1 aliphatic carbocycles. The largest absolute Gasteiger partial charge is 0.377 e. The number of nitrogens with one attached hydrogen (secondary N) is 1. The van der Waals surface area contributed by atoms with E-state index in [1.165, 1.54) is 28.6 Å². The Morgan fingerprint density at radius 3 is 2.82 bits per heavy atom. The van der Waals surface area contributed by atoms with Gasteiger partial charge in [-0.05, 0) is 60.8 Å². The molecule has 0 radical (unpaired) electrons. The lowest BCUT2D eigenvalue weighted by atomic mass is 9.91. The van der Waals surface area contributed by atoms with Gasteiger partial charge in [0, 0.05) is 38.6 Å². The molecule has 34 heavy (non-hydrogen) atoms. The van der Waals surface area contributed by atoms with Crippen LogP contribution in [0.25, 0.3) is 16.6 Å². The number of rotatable bonds is 8. The summed E-state index contributed by atoms with van der Waals surface area (Å²) in [4.78, 5) is 7.12. The minimum Gasteiger partial charge on any atom is -0.377 e. The third kappa shape index (κ3) is 5.57. The molecular formula is C28H36N4OS. The average molecular weight is 477 g/mol. The van der Waals surface area contributed by atoms with Crippen molar-refractivity contribution in [2.75, 3.05) is 26.0 Å². The third-order valence-electron chi connectivity index (χ3n) is 7.34. The monoisotopic (exact) mass is 476 g/mol. The molecule has 0 bridgehead atoms. The maximum Gasteiger partial charge on any atom is 0.0955 e. The first-order chi connectivity index (χ1) is 16.7. The van der Waals surface area contributed by atoms with E-state index in [2.05, 4.69) is 80.0 Å². The minimum absolute atomic E-state index is 0.321. The van der Waals surface area contributed by atoms with E-state index in [0.29, 0.717) is 18.1 Å². The summed E-state index contributed by atoms with van der Waals surface area (Å²) in [6.07, 6.45) is 11.1. The molecule has 3 aromatic rings. The van der Waals surface area contributed by atoms with Crippen molar-refractivity contribution in [3.8, 4) is 0 Å². The Morgan fingerprint density at radius 2 is 2.03 bits per heavy atom. The zero-order chi connectivity index (χ0) is 23.3. The van der Waals surface area contributed by atoms with Crippen LogP contribution in [0.5, 0.6) is 0 Å². The number of benzene rings is 2. The molecule has 1 aromatic heterocycles. The summed E-state index contributed by atoms with van der Waals surface area (Å²) in [5.74, 6) is 0.516. The molecule has 180 valence electrons. The molecule has 1 saturated heterocycles. The van der Waals surface area contributed by atoms with Crippen LogP contribution in [0.1, 0.15) is 36.8 Å². The predicted molar refractivity (Wildman–Crippen MR) is 143 cm³/mol. The fraction of sp³-hybridized carbons (Fsp3) is 0.464. The van der Waals surface area contributed by atoms with E-state index in [0.717, 1.165) is 51.0 Å². The second-order valence-corrected chi connectivity index (χ2v) is 10.4. The molecule has 1 N–H and O–H groups in total. The second-order valence-electron chi connectivity index (χ2n) is 9.72. The Balaban J connectivity index is 1.17. The van der Waals surface area contributed by atoms with Gasteiger partial charge in [0.15, 0.2) is 0 Å². The molecule has 5 nitrogen and oxygen atoms in total. The molecular weight excluding hydrogens is 440 g/mol. The fourth-order valence-corrected chi connectivity index (χ4v) is 6.00. The fourth-order valence-electron chi connectivity index (χ4n) is 5.39. The Labute approximate surface area is 207 Å². The quantitative estimate of drug-likeness (QED) is 0.448. The lowest BCUT2D eigenvalue weighted by Gasteiger charge is -2.39. The van der Waals surface area contributed by atoms with Gasteiger partial charge in [0.05, 0.1) is 30.1 Å². The van der Waals surface area contributed by atoms with Crippen LogP contribution in [-0.4, -0.2) is 52.5 Å². The van der Waals surface area contributed by atoms with Gasteiger partial charge in [0.25, 0.3) is 0 Å². The molecule has 1 fully saturated rings. The molecule has 0 spiro atoms. The molecule has 0 amide bonds. The Bertz CT molecular complexity index is 1110. The van der Waals surface area contributed by atoms with Crippen LogP contribution in [0.15, 0.2) is 60.9 Å². The van der Waals surface area contributed by atoms with E-state index < -0.39 is 0 Å². The molecule has 6 heteroatoms. The lowest BCUT2D eigenvalue weighted by Crippen LogP contribution is -2.49. The Morgan fingerprint density at radius 1 is 1.15 bits per heavy atom. The number of likely N-dealkylation sites (tertiary alicyclic amines) is 1. The van der Waals surface area contributed by atoms with Gasteiger partial charge < -0.3 is 9.30 Å². The molecule has 2 heterocycles. The number of ether oxygens (including phenoxy) is 1. The van der Waals surface area contributed by atoms with Gasteiger partial charge in [-0.15, -0.1) is 0 Å². The van der Waals surface area contributed by atoms with Crippen molar-refractivity contribution in [2.24, 2.45) is 13.0 Å². The smallest absolute Gasteiger partial charge is 0.0955 e. The number of hydrogen-bond acceptors (Lipinski definition) is 5. The van der Waals surface area contributed by atoms with E-state index in [1.54, 1.807) is 11.9 Å². The normalized spacial score (nSPS) is 23.8. The van der Waals surface area contributed by atoms with E-state index in [9.17, 15) is 0 Å². The van der Waals surface area contributed by atoms with E-state index in [-0.39, 0.29) is 0 Å². The van der Waals surface area contributed by atoms with Gasteiger partial charge in [0.2, 0.25) is 0 Å². The summed E-state index contributed by atoms with van der Waals surface area (Å²) in [5.41, 5.74) is 6.39. The van der Waals surface area contributed by atoms with Crippen molar-refractivity contribution in [2.45, 2.75) is 44.4 Å². The highest BCUT2D eigenvalue weighted by Gasteiger charge is 2.30. The number of aromatic nitrogens is 2. The highest BCUT2D eigenvalue weighted by Crippen LogP contribution is 2.31. The van der Waals surface area contributed by atoms with Gasteiger partial charge in [-0.25, -0.2) is 4.98 Å². The maximum atomic E-state index is 6.52. The van der Waals surface area contributed by atoms with Crippen LogP contribution in [0.2, 0.25) is 0 Å². The Kier molecular flexibility index (Phi) is 7.70. The first kappa shape index (κ1) is 23.6. The summed E-state index contributed by atoms with van der Waals surface area (Å²) >= 11 is 1.74. The van der Waals surface area contributed by atoms with E-state index >= 15 is 0 Å². The zero-order valence-corrected chi connectivity index (χ0v) is 21.1. The highest BCUT2D eigenvalue weighted by molar-refractivity contribution is 7.96. The van der Waals surface area contributed by atoms with Crippen LogP contribution >= 0.6 is 11.9 Å². The first-order valence-electron chi connectivity index (χ1n) is 12.5. The van der Waals surface area contributed by atoms with Crippen LogP contribution in [0.3, 0.4) is 0 Å². The summed E-state index contributed by atoms with van der Waals surface area (Å²) in [5, 5.41) is 0. The minimum atomic E-state index is 0.321. The number of hydrogen-bond donors (Lipinski definition) is 1. The summed E-state index contributed by atoms with van der Waals surface area (Å²) in [6.45, 7) is 4.08. The summed E-state index contributed by atoms with van der Waals surface area (Å²) in [6, 6.07) is 18.0. The molecule has 1 aliphatic heterocycles. The van der Waals surface area contributed by atoms with Crippen LogP contribution in [-0.2, 0) is 18.3 Å². The average Bonchev–Trinajstić information content (AvgIpc) is 3.25. The zero-order valence-electron chi connectivity index (χ0n) is 20.3. The number of piperidine rings is 1. The van der Waals surface area contributed by atoms with Crippen LogP contribution in [0.4, 0.5) is 0 Å². The molecule has 2 aliphatic rings. The predicted octanol–water partition coefficient (Wildman–Crippen LogP) is 5.28. The standard InChI is InChI=1S/C28H36N4OS/c1-31-20-29-27-16-23(10-13-28(27)31)22-8-11-25(12-9-22)33-19-24-18-32(15-14-26(24)30-34-2)17-21-6-4-3-5-7-21/h3-8,10,13,16,20,24-26,30H,9,11-12,14-15,17-19H2,1-2H3. The summed E-state index contributed by atoms with van der Waals surface area (Å²) in [7, 11) is 2.04. The number of nitrogens with zero attached hydrogens (tertiary/aromatic N) is 3. The van der Waals surface area contributed by atoms with Crippen molar-refractivity contribution in [3.63, 3.8) is 0 Å². The molecule has 2 aromatic carbocycles. The molecule has 5 rings (SSSR count). The van der Waals surface area contributed by atoms with Crippen molar-refractivity contribution < 1.29 is 4.74 Å². The first-order valence-corrected chi connectivity index (χ1v) is 13.7. The molecule has 3 unspecified atom stereocenters. The third-order valence-corrected chi connectivity index (χ3v) is 7.88. The van der Waals surface area contributed by atoms with Gasteiger partial charge in [0.1, 0.15) is 0 Å². The van der Waals surface area contributed by atoms with Gasteiger partial charge >= 0.3 is 0 Å². The van der Waals surface area contributed by atoms with Crippen LogP contribution < -0.4 is 4.72 Å². The Hall–Kier alpha value is -2.12. The van der Waals surface area contributed by atoms with Gasteiger partial charge in [-0.1, -0.05) is 54.4 Å². The van der Waals surface area contributed by atoms with Crippen molar-refractivity contribution in [1.29, 1.82) is 0 Å². The number of aryl methyl sites for hydroxylation is 1. The number of allylic oxidation sites excluding steroid dienone is 1. The second kappa shape index (κ2) is 11.1. The van der Waals surface area contributed by atoms with Crippen LogP contribution in [0, 0.1) is 5.92 Å². The van der Waals surface area contributed by atoms with E-state index in [4.69, 9.17) is 4.74 Å². The number of fused-ring (bicyclic) bond motifs is 1. The van der Waals surface area contributed by atoms with Gasteiger partial charge in [-0.2, -0.15) is 0 Å². The van der Waals surface area contributed by atoms with Gasteiger partial charge in [-0.3, -0.25) is 9.62 Å². The summed E-state index contributed by atoms with van der Waals surface area (Å²) < 4.78 is 12.2. The molecule has 0 saturated carbocycles. The van der Waals surface area contributed by atoms with Crippen molar-refractivity contribution in [1.82, 2.24) is 19.2 Å². The molecule has 3 atom stereocenters.